The summed E-state index contributed by atoms with van der Waals surface area (Å²) in [6, 6.07) is 9.07. The minimum atomic E-state index is 0. The molecule has 1 aromatic rings. The van der Waals surface area contributed by atoms with Gasteiger partial charge in [-0.3, -0.25) is 4.99 Å². The van der Waals surface area contributed by atoms with Gasteiger partial charge in [0.05, 0.1) is 0 Å². The predicted octanol–water partition coefficient (Wildman–Crippen LogP) is 2.72. The van der Waals surface area contributed by atoms with Crippen LogP contribution in [0.1, 0.15) is 17.9 Å². The minimum absolute atomic E-state index is 0. The van der Waals surface area contributed by atoms with E-state index in [4.69, 9.17) is 0 Å². The SMILES string of the molecule is CN=C(NC)NC1CC1c1ccc(Br)cc1.I. The van der Waals surface area contributed by atoms with Crippen LogP contribution in [0.15, 0.2) is 33.7 Å². The Hall–Kier alpha value is -0.300. The molecule has 94 valence electrons. The van der Waals surface area contributed by atoms with Gasteiger partial charge in [0.1, 0.15) is 0 Å². The van der Waals surface area contributed by atoms with Gasteiger partial charge < -0.3 is 10.6 Å². The number of rotatable bonds is 2. The highest BCUT2D eigenvalue weighted by molar-refractivity contribution is 14.0. The maximum Gasteiger partial charge on any atom is 0.190 e. The van der Waals surface area contributed by atoms with Crippen LogP contribution in [0.4, 0.5) is 0 Å². The van der Waals surface area contributed by atoms with Gasteiger partial charge in [-0.15, -0.1) is 24.0 Å². The van der Waals surface area contributed by atoms with Crippen molar-refractivity contribution in [2.75, 3.05) is 14.1 Å². The zero-order valence-electron chi connectivity index (χ0n) is 9.90. The molecular formula is C12H17BrIN3. The van der Waals surface area contributed by atoms with Gasteiger partial charge in [-0.2, -0.15) is 0 Å². The van der Waals surface area contributed by atoms with E-state index in [9.17, 15) is 0 Å². The molecule has 0 spiro atoms. The Labute approximate surface area is 128 Å². The first-order valence-electron chi connectivity index (χ1n) is 5.41. The van der Waals surface area contributed by atoms with Gasteiger partial charge in [0.2, 0.25) is 0 Å². The summed E-state index contributed by atoms with van der Waals surface area (Å²) < 4.78 is 1.13. The first-order chi connectivity index (χ1) is 7.74. The Bertz CT molecular complexity index is 391. The highest BCUT2D eigenvalue weighted by Gasteiger charge is 2.38. The Morgan fingerprint density at radius 3 is 2.53 bits per heavy atom. The molecule has 1 fully saturated rings. The lowest BCUT2D eigenvalue weighted by atomic mass is 10.1. The topological polar surface area (TPSA) is 36.4 Å². The summed E-state index contributed by atoms with van der Waals surface area (Å²) in [6.07, 6.45) is 1.18. The predicted molar refractivity (Wildman–Crippen MR) is 86.3 cm³/mol. The Balaban J connectivity index is 0.00000144. The van der Waals surface area contributed by atoms with Crippen molar-refractivity contribution < 1.29 is 0 Å². The lowest BCUT2D eigenvalue weighted by Crippen LogP contribution is -2.36. The van der Waals surface area contributed by atoms with Crippen molar-refractivity contribution in [3.63, 3.8) is 0 Å². The van der Waals surface area contributed by atoms with Gasteiger partial charge in [-0.25, -0.2) is 0 Å². The van der Waals surface area contributed by atoms with E-state index in [1.54, 1.807) is 7.05 Å². The summed E-state index contributed by atoms with van der Waals surface area (Å²) >= 11 is 3.45. The fraction of sp³-hybridized carbons (Fsp3) is 0.417. The summed E-state index contributed by atoms with van der Waals surface area (Å²) in [5, 5.41) is 6.42. The molecule has 0 heterocycles. The Morgan fingerprint density at radius 2 is 2.00 bits per heavy atom. The van der Waals surface area contributed by atoms with Crippen molar-refractivity contribution in [3.05, 3.63) is 34.3 Å². The Kier molecular flexibility index (Phi) is 5.72. The highest BCUT2D eigenvalue weighted by atomic mass is 127. The van der Waals surface area contributed by atoms with Gasteiger partial charge in [0, 0.05) is 30.5 Å². The zero-order valence-corrected chi connectivity index (χ0v) is 13.8. The van der Waals surface area contributed by atoms with Crippen LogP contribution < -0.4 is 10.6 Å². The second-order valence-electron chi connectivity index (χ2n) is 3.97. The molecule has 2 unspecified atom stereocenters. The summed E-state index contributed by atoms with van der Waals surface area (Å²) in [7, 11) is 3.67. The van der Waals surface area contributed by atoms with Gasteiger partial charge in [0.15, 0.2) is 5.96 Å². The molecule has 0 bridgehead atoms. The van der Waals surface area contributed by atoms with Crippen molar-refractivity contribution in [2.24, 2.45) is 4.99 Å². The minimum Gasteiger partial charge on any atom is -0.359 e. The van der Waals surface area contributed by atoms with E-state index < -0.39 is 0 Å². The number of nitrogens with one attached hydrogen (secondary N) is 2. The monoisotopic (exact) mass is 409 g/mol. The van der Waals surface area contributed by atoms with Crippen LogP contribution in [0.3, 0.4) is 0 Å². The van der Waals surface area contributed by atoms with Crippen LogP contribution >= 0.6 is 39.9 Å². The molecule has 17 heavy (non-hydrogen) atoms. The van der Waals surface area contributed by atoms with E-state index in [-0.39, 0.29) is 24.0 Å². The maximum absolute atomic E-state index is 4.12. The van der Waals surface area contributed by atoms with Crippen LogP contribution in [0.25, 0.3) is 0 Å². The molecule has 0 radical (unpaired) electrons. The molecular weight excluding hydrogens is 393 g/mol. The average Bonchev–Trinajstić information content (AvgIpc) is 3.06. The molecule has 0 aliphatic heterocycles. The van der Waals surface area contributed by atoms with E-state index in [0.717, 1.165) is 10.4 Å². The van der Waals surface area contributed by atoms with E-state index in [1.807, 2.05) is 7.05 Å². The third-order valence-electron chi connectivity index (χ3n) is 2.87. The molecule has 1 aliphatic carbocycles. The van der Waals surface area contributed by atoms with Crippen molar-refractivity contribution in [1.82, 2.24) is 10.6 Å². The number of hydrogen-bond donors (Lipinski definition) is 2. The van der Waals surface area contributed by atoms with Crippen LogP contribution in [-0.2, 0) is 0 Å². The zero-order chi connectivity index (χ0) is 11.5. The van der Waals surface area contributed by atoms with Crippen LogP contribution in [0, 0.1) is 0 Å². The largest absolute Gasteiger partial charge is 0.359 e. The lowest BCUT2D eigenvalue weighted by Gasteiger charge is -2.07. The van der Waals surface area contributed by atoms with Crippen molar-refractivity contribution >= 4 is 45.9 Å². The van der Waals surface area contributed by atoms with Crippen LogP contribution in [0.2, 0.25) is 0 Å². The van der Waals surface area contributed by atoms with Crippen molar-refractivity contribution in [3.8, 4) is 0 Å². The van der Waals surface area contributed by atoms with Gasteiger partial charge in [0.25, 0.3) is 0 Å². The van der Waals surface area contributed by atoms with Crippen LogP contribution in [-0.4, -0.2) is 26.1 Å². The standard InChI is InChI=1S/C12H16BrN3.HI/c1-14-12(15-2)16-11-7-10(11)8-3-5-9(13)6-4-8;/h3-6,10-11H,7H2,1-2H3,(H2,14,15,16);1H. The first-order valence-corrected chi connectivity index (χ1v) is 6.20. The molecule has 2 N–H and O–H groups in total. The van der Waals surface area contributed by atoms with Crippen LogP contribution in [0.5, 0.6) is 0 Å². The van der Waals surface area contributed by atoms with E-state index in [2.05, 4.69) is 55.8 Å². The number of halogens is 2. The molecule has 2 rings (SSSR count). The summed E-state index contributed by atoms with van der Waals surface area (Å²) in [5.41, 5.74) is 1.40. The lowest BCUT2D eigenvalue weighted by molar-refractivity contribution is 0.831. The summed E-state index contributed by atoms with van der Waals surface area (Å²) in [5.74, 6) is 1.49. The summed E-state index contributed by atoms with van der Waals surface area (Å²) in [4.78, 5) is 4.12. The molecule has 0 aromatic heterocycles. The van der Waals surface area contributed by atoms with E-state index in [0.29, 0.717) is 12.0 Å². The fourth-order valence-electron chi connectivity index (χ4n) is 1.86. The number of nitrogens with zero attached hydrogens (tertiary/aromatic N) is 1. The van der Waals surface area contributed by atoms with Crippen molar-refractivity contribution in [1.29, 1.82) is 0 Å². The number of benzene rings is 1. The maximum atomic E-state index is 4.12. The number of hydrogen-bond acceptors (Lipinski definition) is 1. The molecule has 0 saturated heterocycles. The molecule has 1 saturated carbocycles. The summed E-state index contributed by atoms with van der Waals surface area (Å²) in [6.45, 7) is 0. The highest BCUT2D eigenvalue weighted by Crippen LogP contribution is 2.40. The average molecular weight is 410 g/mol. The van der Waals surface area contributed by atoms with E-state index in [1.165, 1.54) is 12.0 Å². The Morgan fingerprint density at radius 1 is 1.35 bits per heavy atom. The van der Waals surface area contributed by atoms with Gasteiger partial charge in [-0.05, 0) is 24.1 Å². The smallest absolute Gasteiger partial charge is 0.190 e. The van der Waals surface area contributed by atoms with Gasteiger partial charge >= 0.3 is 0 Å². The second kappa shape index (κ2) is 6.58. The van der Waals surface area contributed by atoms with Gasteiger partial charge in [-0.1, -0.05) is 28.1 Å². The molecule has 3 nitrogen and oxygen atoms in total. The fourth-order valence-corrected chi connectivity index (χ4v) is 2.12. The molecule has 2 atom stereocenters. The van der Waals surface area contributed by atoms with Crippen molar-refractivity contribution in [2.45, 2.75) is 18.4 Å². The molecule has 1 aliphatic rings. The number of guanidine groups is 1. The normalized spacial score (nSPS) is 22.6. The molecule has 1 aromatic carbocycles. The van der Waals surface area contributed by atoms with E-state index >= 15 is 0 Å². The quantitative estimate of drug-likeness (QED) is 0.447. The second-order valence-corrected chi connectivity index (χ2v) is 4.88. The molecule has 5 heteroatoms. The third-order valence-corrected chi connectivity index (χ3v) is 3.40. The first kappa shape index (κ1) is 14.8. The third kappa shape index (κ3) is 3.84. The number of aliphatic imine (C=N–C) groups is 1. The molecule has 0 amide bonds.